The summed E-state index contributed by atoms with van der Waals surface area (Å²) in [5.41, 5.74) is 2.53. The molecule has 1 amide bonds. The van der Waals surface area contributed by atoms with Crippen LogP contribution in [-0.4, -0.2) is 41.5 Å². The fourth-order valence-corrected chi connectivity index (χ4v) is 3.21. The third kappa shape index (κ3) is 5.30. The molecule has 0 aliphatic rings. The SMILES string of the molecule is Cc1ccc(S(=O)(=O)NCCNC(=O)c2ccc(N(C)C)cc2)cc1. The van der Waals surface area contributed by atoms with E-state index in [1.807, 2.05) is 38.1 Å². The van der Waals surface area contributed by atoms with Crippen molar-refractivity contribution in [2.75, 3.05) is 32.1 Å². The van der Waals surface area contributed by atoms with Gasteiger partial charge in [-0.15, -0.1) is 0 Å². The maximum atomic E-state index is 12.1. The highest BCUT2D eigenvalue weighted by atomic mass is 32.2. The Morgan fingerprint density at radius 1 is 0.960 bits per heavy atom. The smallest absolute Gasteiger partial charge is 0.251 e. The number of carbonyl (C=O) groups excluding carboxylic acids is 1. The summed E-state index contributed by atoms with van der Waals surface area (Å²) in [4.78, 5) is 14.2. The van der Waals surface area contributed by atoms with Crippen LogP contribution in [-0.2, 0) is 10.0 Å². The normalized spacial score (nSPS) is 11.2. The van der Waals surface area contributed by atoms with Gasteiger partial charge in [-0.1, -0.05) is 17.7 Å². The minimum atomic E-state index is -3.56. The van der Waals surface area contributed by atoms with Gasteiger partial charge in [0.25, 0.3) is 5.91 Å². The first-order valence-corrected chi connectivity index (χ1v) is 9.40. The molecule has 2 aromatic carbocycles. The number of carbonyl (C=O) groups is 1. The molecule has 0 saturated carbocycles. The molecule has 0 bridgehead atoms. The second-order valence-corrected chi connectivity index (χ2v) is 7.67. The summed E-state index contributed by atoms with van der Waals surface area (Å²) in [6.07, 6.45) is 0. The van der Waals surface area contributed by atoms with Crippen LogP contribution in [0.25, 0.3) is 0 Å². The van der Waals surface area contributed by atoms with Gasteiger partial charge < -0.3 is 10.2 Å². The van der Waals surface area contributed by atoms with Gasteiger partial charge in [-0.05, 0) is 43.3 Å². The molecule has 0 aromatic heterocycles. The molecule has 0 atom stereocenters. The lowest BCUT2D eigenvalue weighted by atomic mass is 10.2. The third-order valence-corrected chi connectivity index (χ3v) is 5.16. The fourth-order valence-electron chi connectivity index (χ4n) is 2.18. The summed E-state index contributed by atoms with van der Waals surface area (Å²) in [6, 6.07) is 13.8. The molecule has 7 heteroatoms. The first kappa shape index (κ1) is 19.0. The fraction of sp³-hybridized carbons (Fsp3) is 0.278. The van der Waals surface area contributed by atoms with E-state index in [1.54, 1.807) is 36.4 Å². The van der Waals surface area contributed by atoms with Crippen LogP contribution >= 0.6 is 0 Å². The lowest BCUT2D eigenvalue weighted by Gasteiger charge is -2.12. The molecule has 0 aliphatic carbocycles. The lowest BCUT2D eigenvalue weighted by Crippen LogP contribution is -2.34. The number of anilines is 1. The summed E-state index contributed by atoms with van der Waals surface area (Å²) in [5.74, 6) is -0.236. The first-order chi connectivity index (χ1) is 11.8. The summed E-state index contributed by atoms with van der Waals surface area (Å²) >= 11 is 0. The number of sulfonamides is 1. The van der Waals surface area contributed by atoms with Crippen molar-refractivity contribution < 1.29 is 13.2 Å². The van der Waals surface area contributed by atoms with Crippen LogP contribution in [0.3, 0.4) is 0 Å². The predicted octanol–water partition coefficient (Wildman–Crippen LogP) is 1.77. The van der Waals surface area contributed by atoms with Crippen molar-refractivity contribution in [3.8, 4) is 0 Å². The molecule has 2 aromatic rings. The first-order valence-electron chi connectivity index (χ1n) is 7.91. The van der Waals surface area contributed by atoms with Gasteiger partial charge in [0, 0.05) is 38.4 Å². The van der Waals surface area contributed by atoms with E-state index in [0.29, 0.717) is 5.56 Å². The standard InChI is InChI=1S/C18H23N3O3S/c1-14-4-10-17(11-5-14)25(23,24)20-13-12-19-18(22)15-6-8-16(9-7-15)21(2)3/h4-11,20H,12-13H2,1-3H3,(H,19,22). The highest BCUT2D eigenvalue weighted by molar-refractivity contribution is 7.89. The quantitative estimate of drug-likeness (QED) is 0.737. The average molecular weight is 361 g/mol. The summed E-state index contributed by atoms with van der Waals surface area (Å²) in [6.45, 7) is 2.22. The molecule has 25 heavy (non-hydrogen) atoms. The molecule has 0 fully saturated rings. The van der Waals surface area contributed by atoms with Crippen molar-refractivity contribution in [2.45, 2.75) is 11.8 Å². The zero-order valence-corrected chi connectivity index (χ0v) is 15.4. The minimum Gasteiger partial charge on any atom is -0.378 e. The summed E-state index contributed by atoms with van der Waals surface area (Å²) in [5, 5.41) is 2.70. The molecule has 0 saturated heterocycles. The zero-order chi connectivity index (χ0) is 18.4. The van der Waals surface area contributed by atoms with Crippen LogP contribution < -0.4 is 14.9 Å². The van der Waals surface area contributed by atoms with E-state index in [1.165, 1.54) is 0 Å². The molecule has 134 valence electrons. The van der Waals surface area contributed by atoms with Gasteiger partial charge in [0.15, 0.2) is 0 Å². The highest BCUT2D eigenvalue weighted by Crippen LogP contribution is 2.12. The number of hydrogen-bond acceptors (Lipinski definition) is 4. The zero-order valence-electron chi connectivity index (χ0n) is 14.6. The van der Waals surface area contributed by atoms with Gasteiger partial charge in [-0.2, -0.15) is 0 Å². The van der Waals surface area contributed by atoms with E-state index in [2.05, 4.69) is 10.0 Å². The van der Waals surface area contributed by atoms with Crippen molar-refractivity contribution in [1.82, 2.24) is 10.0 Å². The van der Waals surface area contributed by atoms with Crippen molar-refractivity contribution in [3.05, 3.63) is 59.7 Å². The summed E-state index contributed by atoms with van der Waals surface area (Å²) in [7, 11) is 0.290. The van der Waals surface area contributed by atoms with E-state index >= 15 is 0 Å². The third-order valence-electron chi connectivity index (χ3n) is 3.68. The molecule has 0 heterocycles. The van der Waals surface area contributed by atoms with E-state index in [9.17, 15) is 13.2 Å². The van der Waals surface area contributed by atoms with E-state index in [4.69, 9.17) is 0 Å². The van der Waals surface area contributed by atoms with Crippen molar-refractivity contribution in [2.24, 2.45) is 0 Å². The molecule has 2 N–H and O–H groups in total. The average Bonchev–Trinajstić information content (AvgIpc) is 2.59. The molecule has 0 spiro atoms. The topological polar surface area (TPSA) is 78.5 Å². The van der Waals surface area contributed by atoms with E-state index < -0.39 is 10.0 Å². The number of rotatable bonds is 7. The van der Waals surface area contributed by atoms with E-state index in [-0.39, 0.29) is 23.9 Å². The Morgan fingerprint density at radius 3 is 2.12 bits per heavy atom. The van der Waals surface area contributed by atoms with Crippen molar-refractivity contribution in [3.63, 3.8) is 0 Å². The molecular formula is C18H23N3O3S. The largest absolute Gasteiger partial charge is 0.378 e. The number of amides is 1. The maximum absolute atomic E-state index is 12.1. The van der Waals surface area contributed by atoms with Gasteiger partial charge in [0.1, 0.15) is 0 Å². The minimum absolute atomic E-state index is 0.123. The Bertz CT molecular complexity index is 814. The Kier molecular flexibility index (Phi) is 6.17. The number of hydrogen-bond donors (Lipinski definition) is 2. The van der Waals surface area contributed by atoms with Crippen molar-refractivity contribution >= 4 is 21.6 Å². The number of benzene rings is 2. The molecule has 0 radical (unpaired) electrons. The predicted molar refractivity (Wildman–Crippen MR) is 99.5 cm³/mol. The van der Waals surface area contributed by atoms with Crippen LogP contribution in [0.15, 0.2) is 53.4 Å². The van der Waals surface area contributed by atoms with Gasteiger partial charge in [-0.25, -0.2) is 13.1 Å². The molecule has 6 nitrogen and oxygen atoms in total. The monoisotopic (exact) mass is 361 g/mol. The van der Waals surface area contributed by atoms with Crippen LogP contribution in [0.4, 0.5) is 5.69 Å². The summed E-state index contributed by atoms with van der Waals surface area (Å²) < 4.78 is 26.7. The number of nitrogens with zero attached hydrogens (tertiary/aromatic N) is 1. The highest BCUT2D eigenvalue weighted by Gasteiger charge is 2.13. The van der Waals surface area contributed by atoms with Gasteiger partial charge >= 0.3 is 0 Å². The molecule has 2 rings (SSSR count). The maximum Gasteiger partial charge on any atom is 0.251 e. The Balaban J connectivity index is 1.84. The second-order valence-electron chi connectivity index (χ2n) is 5.91. The van der Waals surface area contributed by atoms with Gasteiger partial charge in [0.05, 0.1) is 4.90 Å². The van der Waals surface area contributed by atoms with Crippen LogP contribution in [0, 0.1) is 6.92 Å². The molecule has 0 unspecified atom stereocenters. The lowest BCUT2D eigenvalue weighted by molar-refractivity contribution is 0.0954. The van der Waals surface area contributed by atoms with Crippen LogP contribution in [0.1, 0.15) is 15.9 Å². The molecular weight excluding hydrogens is 338 g/mol. The number of aryl methyl sites for hydroxylation is 1. The van der Waals surface area contributed by atoms with Crippen molar-refractivity contribution in [1.29, 1.82) is 0 Å². The van der Waals surface area contributed by atoms with Crippen LogP contribution in [0.5, 0.6) is 0 Å². The second kappa shape index (κ2) is 8.13. The van der Waals surface area contributed by atoms with Gasteiger partial charge in [-0.3, -0.25) is 4.79 Å². The Morgan fingerprint density at radius 2 is 1.56 bits per heavy atom. The Labute approximate surface area is 148 Å². The van der Waals surface area contributed by atoms with Gasteiger partial charge in [0.2, 0.25) is 10.0 Å². The number of nitrogens with one attached hydrogen (secondary N) is 2. The van der Waals surface area contributed by atoms with E-state index in [0.717, 1.165) is 11.3 Å². The van der Waals surface area contributed by atoms with Crippen LogP contribution in [0.2, 0.25) is 0 Å². The molecule has 0 aliphatic heterocycles. The Hall–Kier alpha value is -2.38.